The van der Waals surface area contributed by atoms with Crippen LogP contribution in [0.1, 0.15) is 21.9 Å². The summed E-state index contributed by atoms with van der Waals surface area (Å²) in [6, 6.07) is 9.37. The molecule has 0 spiro atoms. The SMILES string of the molecule is Cc1nc(Br)[nH]c1C(=O)NN=Cc1ccc(-c2ccc([N+](=O)[O-])cc2)o1. The second-order valence-electron chi connectivity index (χ2n) is 5.19. The van der Waals surface area contributed by atoms with Gasteiger partial charge in [0.1, 0.15) is 17.2 Å². The van der Waals surface area contributed by atoms with Gasteiger partial charge in [-0.05, 0) is 47.1 Å². The van der Waals surface area contributed by atoms with Gasteiger partial charge in [-0.15, -0.1) is 0 Å². The Kier molecular flexibility index (Phi) is 4.94. The van der Waals surface area contributed by atoms with Crippen molar-refractivity contribution in [3.8, 4) is 11.3 Å². The van der Waals surface area contributed by atoms with E-state index in [1.807, 2.05) is 0 Å². The zero-order chi connectivity index (χ0) is 18.7. The Morgan fingerprint density at radius 2 is 2.08 bits per heavy atom. The summed E-state index contributed by atoms with van der Waals surface area (Å²) in [4.78, 5) is 29.0. The van der Waals surface area contributed by atoms with E-state index in [2.05, 4.69) is 36.4 Å². The van der Waals surface area contributed by atoms with Gasteiger partial charge < -0.3 is 9.40 Å². The van der Waals surface area contributed by atoms with E-state index in [0.717, 1.165) is 0 Å². The van der Waals surface area contributed by atoms with Crippen molar-refractivity contribution in [1.82, 2.24) is 15.4 Å². The number of rotatable bonds is 5. The lowest BCUT2D eigenvalue weighted by Crippen LogP contribution is -2.19. The number of nitrogens with one attached hydrogen (secondary N) is 2. The van der Waals surface area contributed by atoms with E-state index >= 15 is 0 Å². The van der Waals surface area contributed by atoms with E-state index in [0.29, 0.717) is 33.2 Å². The maximum absolute atomic E-state index is 12.0. The van der Waals surface area contributed by atoms with E-state index in [1.165, 1.54) is 18.3 Å². The summed E-state index contributed by atoms with van der Waals surface area (Å²) < 4.78 is 6.05. The van der Waals surface area contributed by atoms with Crippen LogP contribution >= 0.6 is 15.9 Å². The van der Waals surface area contributed by atoms with Gasteiger partial charge in [0.15, 0.2) is 4.73 Å². The number of hydrogen-bond donors (Lipinski definition) is 2. The van der Waals surface area contributed by atoms with Crippen molar-refractivity contribution in [2.75, 3.05) is 0 Å². The molecule has 0 radical (unpaired) electrons. The number of aromatic amines is 1. The van der Waals surface area contributed by atoms with E-state index in [4.69, 9.17) is 4.42 Å². The lowest BCUT2D eigenvalue weighted by Gasteiger charge is -1.97. The second-order valence-corrected chi connectivity index (χ2v) is 5.94. The van der Waals surface area contributed by atoms with E-state index in [-0.39, 0.29) is 5.69 Å². The molecule has 2 aromatic heterocycles. The maximum atomic E-state index is 12.0. The van der Waals surface area contributed by atoms with Crippen molar-refractivity contribution in [2.45, 2.75) is 6.92 Å². The van der Waals surface area contributed by atoms with E-state index in [9.17, 15) is 14.9 Å². The summed E-state index contributed by atoms with van der Waals surface area (Å²) >= 11 is 3.16. The van der Waals surface area contributed by atoms with Crippen LogP contribution in [0, 0.1) is 17.0 Å². The number of carbonyl (C=O) groups excluding carboxylic acids is 1. The van der Waals surface area contributed by atoms with Gasteiger partial charge in [-0.25, -0.2) is 10.4 Å². The maximum Gasteiger partial charge on any atom is 0.289 e. The zero-order valence-electron chi connectivity index (χ0n) is 13.4. The Bertz CT molecular complexity index is 990. The lowest BCUT2D eigenvalue weighted by atomic mass is 10.1. The fourth-order valence-corrected chi connectivity index (χ4v) is 2.65. The van der Waals surface area contributed by atoms with Crippen molar-refractivity contribution < 1.29 is 14.1 Å². The number of amides is 1. The van der Waals surface area contributed by atoms with Crippen molar-refractivity contribution in [1.29, 1.82) is 0 Å². The number of nitro groups is 1. The average molecular weight is 418 g/mol. The molecule has 0 saturated carbocycles. The third kappa shape index (κ3) is 3.86. The van der Waals surface area contributed by atoms with Gasteiger partial charge in [0.25, 0.3) is 11.6 Å². The Labute approximate surface area is 155 Å². The molecule has 26 heavy (non-hydrogen) atoms. The number of nitrogens with zero attached hydrogens (tertiary/aromatic N) is 3. The molecule has 0 atom stereocenters. The smallest absolute Gasteiger partial charge is 0.289 e. The van der Waals surface area contributed by atoms with Crippen molar-refractivity contribution in [3.05, 3.63) is 68.4 Å². The molecule has 3 rings (SSSR count). The van der Waals surface area contributed by atoms with Crippen LogP contribution in [0.5, 0.6) is 0 Å². The number of aryl methyl sites for hydroxylation is 1. The van der Waals surface area contributed by atoms with Crippen LogP contribution in [0.25, 0.3) is 11.3 Å². The minimum Gasteiger partial charge on any atom is -0.455 e. The van der Waals surface area contributed by atoms with Gasteiger partial charge in [-0.2, -0.15) is 5.10 Å². The first kappa shape index (κ1) is 17.5. The number of H-pyrrole nitrogens is 1. The van der Waals surface area contributed by atoms with Crippen LogP contribution in [0.4, 0.5) is 5.69 Å². The Balaban J connectivity index is 1.66. The molecular formula is C16H12BrN5O4. The van der Waals surface area contributed by atoms with Crippen molar-refractivity contribution >= 4 is 33.7 Å². The quantitative estimate of drug-likeness (QED) is 0.373. The minimum atomic E-state index is -0.466. The number of halogens is 1. The zero-order valence-corrected chi connectivity index (χ0v) is 15.0. The molecule has 10 heteroatoms. The highest BCUT2D eigenvalue weighted by atomic mass is 79.9. The first-order chi connectivity index (χ1) is 12.4. The monoisotopic (exact) mass is 417 g/mol. The molecule has 3 aromatic rings. The number of nitro benzene ring substituents is 1. The predicted molar refractivity (Wildman–Crippen MR) is 96.9 cm³/mol. The fourth-order valence-electron chi connectivity index (χ4n) is 2.18. The molecule has 0 aliphatic rings. The molecule has 0 fully saturated rings. The first-order valence-electron chi connectivity index (χ1n) is 7.34. The lowest BCUT2D eigenvalue weighted by molar-refractivity contribution is -0.384. The number of imidazole rings is 1. The molecule has 0 aliphatic heterocycles. The molecule has 0 bridgehead atoms. The highest BCUT2D eigenvalue weighted by molar-refractivity contribution is 9.10. The van der Waals surface area contributed by atoms with Gasteiger partial charge in [0.2, 0.25) is 0 Å². The van der Waals surface area contributed by atoms with Crippen molar-refractivity contribution in [3.63, 3.8) is 0 Å². The van der Waals surface area contributed by atoms with Crippen LogP contribution in [0.15, 0.2) is 50.7 Å². The Morgan fingerprint density at radius 3 is 2.69 bits per heavy atom. The molecule has 2 heterocycles. The normalized spacial score (nSPS) is 11.0. The number of non-ortho nitro benzene ring substituents is 1. The van der Waals surface area contributed by atoms with Crippen LogP contribution in [-0.4, -0.2) is 27.0 Å². The molecule has 1 aromatic carbocycles. The third-order valence-electron chi connectivity index (χ3n) is 3.43. The van der Waals surface area contributed by atoms with Crippen LogP contribution in [-0.2, 0) is 0 Å². The highest BCUT2D eigenvalue weighted by Gasteiger charge is 2.12. The summed E-state index contributed by atoms with van der Waals surface area (Å²) in [5.41, 5.74) is 3.92. The average Bonchev–Trinajstić information content (AvgIpc) is 3.21. The van der Waals surface area contributed by atoms with Crippen LogP contribution in [0.3, 0.4) is 0 Å². The Hall–Kier alpha value is -3.27. The molecule has 0 unspecified atom stereocenters. The van der Waals surface area contributed by atoms with Gasteiger partial charge in [-0.3, -0.25) is 14.9 Å². The van der Waals surface area contributed by atoms with Crippen LogP contribution < -0.4 is 5.43 Å². The summed E-state index contributed by atoms with van der Waals surface area (Å²) in [5.74, 6) is 0.515. The number of benzene rings is 1. The van der Waals surface area contributed by atoms with E-state index < -0.39 is 10.8 Å². The minimum absolute atomic E-state index is 0.00513. The highest BCUT2D eigenvalue weighted by Crippen LogP contribution is 2.24. The number of hydrazone groups is 1. The molecule has 1 amide bonds. The second kappa shape index (κ2) is 7.31. The summed E-state index contributed by atoms with van der Waals surface area (Å²) in [6.45, 7) is 1.70. The molecule has 2 N–H and O–H groups in total. The number of hydrogen-bond acceptors (Lipinski definition) is 6. The molecule has 0 aliphatic carbocycles. The van der Waals surface area contributed by atoms with Gasteiger partial charge in [0.05, 0.1) is 16.8 Å². The van der Waals surface area contributed by atoms with Gasteiger partial charge in [0, 0.05) is 17.7 Å². The molecule has 132 valence electrons. The topological polar surface area (TPSA) is 126 Å². The summed E-state index contributed by atoms with van der Waals surface area (Å²) in [7, 11) is 0. The fraction of sp³-hybridized carbons (Fsp3) is 0.0625. The predicted octanol–water partition coefficient (Wildman–Crippen LogP) is 3.41. The van der Waals surface area contributed by atoms with Crippen molar-refractivity contribution in [2.24, 2.45) is 5.10 Å². The standard InChI is InChI=1S/C16H12BrN5O4/c1-9-14(20-16(17)19-9)15(23)21-18-8-12-6-7-13(26-12)10-2-4-11(5-3-10)22(24)25/h2-8H,1H3,(H,19,20)(H,21,23). The number of aromatic nitrogens is 2. The van der Waals surface area contributed by atoms with Crippen LogP contribution in [0.2, 0.25) is 0 Å². The first-order valence-corrected chi connectivity index (χ1v) is 8.13. The number of carbonyl (C=O) groups is 1. The third-order valence-corrected chi connectivity index (χ3v) is 3.81. The summed E-state index contributed by atoms with van der Waals surface area (Å²) in [5, 5.41) is 14.5. The van der Waals surface area contributed by atoms with Gasteiger partial charge in [-0.1, -0.05) is 0 Å². The molecular weight excluding hydrogens is 406 g/mol. The number of furan rings is 1. The Morgan fingerprint density at radius 1 is 1.35 bits per heavy atom. The molecule has 0 saturated heterocycles. The van der Waals surface area contributed by atoms with Gasteiger partial charge >= 0.3 is 0 Å². The largest absolute Gasteiger partial charge is 0.455 e. The van der Waals surface area contributed by atoms with E-state index in [1.54, 1.807) is 31.2 Å². The summed E-state index contributed by atoms with van der Waals surface area (Å²) in [6.07, 6.45) is 1.35. The molecule has 9 nitrogen and oxygen atoms in total.